The lowest BCUT2D eigenvalue weighted by Crippen LogP contribution is -2.01. The molecule has 0 aliphatic carbocycles. The zero-order chi connectivity index (χ0) is 12.4. The van der Waals surface area contributed by atoms with Crippen LogP contribution in [0.4, 0.5) is 0 Å². The average Bonchev–Trinajstić information content (AvgIpc) is 2.28. The van der Waals surface area contributed by atoms with Gasteiger partial charge in [0.15, 0.2) is 5.78 Å². The second-order valence-electron chi connectivity index (χ2n) is 3.85. The lowest BCUT2D eigenvalue weighted by Gasteiger charge is -2.04. The van der Waals surface area contributed by atoms with E-state index in [1.807, 2.05) is 25.1 Å². The van der Waals surface area contributed by atoms with Crippen molar-refractivity contribution >= 4 is 33.3 Å². The summed E-state index contributed by atoms with van der Waals surface area (Å²) in [5, 5.41) is 0.631. The molecule has 0 heterocycles. The van der Waals surface area contributed by atoms with Crippen molar-refractivity contribution in [2.45, 2.75) is 6.92 Å². The van der Waals surface area contributed by atoms with Crippen LogP contribution in [0.3, 0.4) is 0 Å². The molecule has 0 spiro atoms. The monoisotopic (exact) mass is 308 g/mol. The fourth-order valence-corrected chi connectivity index (χ4v) is 2.37. The number of hydrogen-bond donors (Lipinski definition) is 0. The van der Waals surface area contributed by atoms with Gasteiger partial charge in [0.25, 0.3) is 0 Å². The number of halogens is 2. The summed E-state index contributed by atoms with van der Waals surface area (Å²) < 4.78 is 0.912. The quantitative estimate of drug-likeness (QED) is 0.738. The van der Waals surface area contributed by atoms with Gasteiger partial charge >= 0.3 is 0 Å². The van der Waals surface area contributed by atoms with E-state index in [4.69, 9.17) is 11.6 Å². The third kappa shape index (κ3) is 2.96. The van der Waals surface area contributed by atoms with E-state index in [0.29, 0.717) is 16.1 Å². The zero-order valence-corrected chi connectivity index (χ0v) is 11.5. The van der Waals surface area contributed by atoms with Gasteiger partial charge in [0, 0.05) is 20.6 Å². The van der Waals surface area contributed by atoms with E-state index in [0.717, 1.165) is 10.0 Å². The lowest BCUT2D eigenvalue weighted by atomic mass is 10.0. The highest BCUT2D eigenvalue weighted by Gasteiger charge is 2.09. The molecule has 2 aromatic rings. The van der Waals surface area contributed by atoms with Crippen molar-refractivity contribution < 1.29 is 4.79 Å². The Labute approximate surface area is 114 Å². The molecule has 0 unspecified atom stereocenters. The molecule has 0 saturated heterocycles. The Hall–Kier alpha value is -1.12. The SMILES string of the molecule is Cc1cc(Br)cc(C(=O)c2ccc(Cl)cc2)c1. The van der Waals surface area contributed by atoms with Crippen LogP contribution in [0, 0.1) is 6.92 Å². The zero-order valence-electron chi connectivity index (χ0n) is 9.21. The first-order valence-electron chi connectivity index (χ1n) is 5.14. The largest absolute Gasteiger partial charge is 0.289 e. The lowest BCUT2D eigenvalue weighted by molar-refractivity contribution is 0.103. The second kappa shape index (κ2) is 5.03. The summed E-state index contributed by atoms with van der Waals surface area (Å²) in [6.45, 7) is 1.96. The van der Waals surface area contributed by atoms with Crippen LogP contribution in [0.2, 0.25) is 5.02 Å². The number of carbonyl (C=O) groups excluding carboxylic acids is 1. The van der Waals surface area contributed by atoms with Gasteiger partial charge in [-0.15, -0.1) is 0 Å². The highest BCUT2D eigenvalue weighted by Crippen LogP contribution is 2.19. The number of carbonyl (C=O) groups is 1. The maximum absolute atomic E-state index is 12.2. The first-order chi connectivity index (χ1) is 8.06. The highest BCUT2D eigenvalue weighted by atomic mass is 79.9. The van der Waals surface area contributed by atoms with E-state index in [-0.39, 0.29) is 5.78 Å². The molecule has 2 aromatic carbocycles. The van der Waals surface area contributed by atoms with Crippen molar-refractivity contribution in [3.8, 4) is 0 Å². The molecule has 0 aliphatic heterocycles. The summed E-state index contributed by atoms with van der Waals surface area (Å²) in [4.78, 5) is 12.2. The molecule has 0 fully saturated rings. The molecule has 0 bridgehead atoms. The van der Waals surface area contributed by atoms with Gasteiger partial charge in [0.05, 0.1) is 0 Å². The Kier molecular flexibility index (Phi) is 3.65. The first kappa shape index (κ1) is 12.3. The van der Waals surface area contributed by atoms with E-state index < -0.39 is 0 Å². The molecule has 0 saturated carbocycles. The van der Waals surface area contributed by atoms with Crippen molar-refractivity contribution in [1.82, 2.24) is 0 Å². The van der Waals surface area contributed by atoms with Gasteiger partial charge in [-0.3, -0.25) is 4.79 Å². The molecule has 0 N–H and O–H groups in total. The minimum Gasteiger partial charge on any atom is -0.289 e. The first-order valence-corrected chi connectivity index (χ1v) is 6.31. The molecule has 0 aliphatic rings. The van der Waals surface area contributed by atoms with Crippen molar-refractivity contribution in [2.75, 3.05) is 0 Å². The molecule has 1 nitrogen and oxygen atoms in total. The van der Waals surface area contributed by atoms with Crippen LogP contribution in [0.25, 0.3) is 0 Å². The van der Waals surface area contributed by atoms with Crippen LogP contribution < -0.4 is 0 Å². The number of rotatable bonds is 2. The molecule has 0 radical (unpaired) electrons. The number of benzene rings is 2. The molecule has 86 valence electrons. The van der Waals surface area contributed by atoms with Gasteiger partial charge in [-0.05, 0) is 55.0 Å². The molecule has 17 heavy (non-hydrogen) atoms. The maximum Gasteiger partial charge on any atom is 0.193 e. The Morgan fingerprint density at radius 2 is 1.71 bits per heavy atom. The average molecular weight is 310 g/mol. The van der Waals surface area contributed by atoms with Crippen molar-refractivity contribution in [3.63, 3.8) is 0 Å². The van der Waals surface area contributed by atoms with E-state index in [1.54, 1.807) is 24.3 Å². The fraction of sp³-hybridized carbons (Fsp3) is 0.0714. The standard InChI is InChI=1S/C14H10BrClO/c1-9-6-11(8-12(15)7-9)14(17)10-2-4-13(16)5-3-10/h2-8H,1H3. The van der Waals surface area contributed by atoms with Crippen molar-refractivity contribution in [3.05, 3.63) is 68.7 Å². The summed E-state index contributed by atoms with van der Waals surface area (Å²) in [5.74, 6) is 0.00562. The number of ketones is 1. The van der Waals surface area contributed by atoms with Crippen LogP contribution in [0.5, 0.6) is 0 Å². The molecule has 2 rings (SSSR count). The summed E-state index contributed by atoms with van der Waals surface area (Å²) in [6.07, 6.45) is 0. The van der Waals surface area contributed by atoms with E-state index in [9.17, 15) is 4.79 Å². The smallest absolute Gasteiger partial charge is 0.193 e. The normalized spacial score (nSPS) is 10.3. The van der Waals surface area contributed by atoms with Gasteiger partial charge in [-0.1, -0.05) is 27.5 Å². The fourth-order valence-electron chi connectivity index (χ4n) is 1.64. The molecule has 0 aromatic heterocycles. The minimum atomic E-state index is 0.00562. The topological polar surface area (TPSA) is 17.1 Å². The van der Waals surface area contributed by atoms with Crippen LogP contribution in [0.1, 0.15) is 21.5 Å². The van der Waals surface area contributed by atoms with Crippen molar-refractivity contribution in [1.29, 1.82) is 0 Å². The molecule has 0 amide bonds. The summed E-state index contributed by atoms with van der Waals surface area (Å²) >= 11 is 9.19. The molecular weight excluding hydrogens is 300 g/mol. The van der Waals surface area contributed by atoms with Gasteiger partial charge in [0.2, 0.25) is 0 Å². The third-order valence-electron chi connectivity index (χ3n) is 2.41. The van der Waals surface area contributed by atoms with E-state index >= 15 is 0 Å². The Morgan fingerprint density at radius 3 is 2.29 bits per heavy atom. The number of aryl methyl sites for hydroxylation is 1. The van der Waals surface area contributed by atoms with Crippen LogP contribution >= 0.6 is 27.5 Å². The Balaban J connectivity index is 2.40. The summed E-state index contributed by atoms with van der Waals surface area (Å²) in [7, 11) is 0. The molecule has 0 atom stereocenters. The Bertz CT molecular complexity index is 541. The van der Waals surface area contributed by atoms with Crippen LogP contribution in [-0.2, 0) is 0 Å². The van der Waals surface area contributed by atoms with E-state index in [2.05, 4.69) is 15.9 Å². The number of hydrogen-bond acceptors (Lipinski definition) is 1. The minimum absolute atomic E-state index is 0.00562. The summed E-state index contributed by atoms with van der Waals surface area (Å²) in [6, 6.07) is 12.6. The van der Waals surface area contributed by atoms with Gasteiger partial charge < -0.3 is 0 Å². The van der Waals surface area contributed by atoms with Crippen molar-refractivity contribution in [2.24, 2.45) is 0 Å². The van der Waals surface area contributed by atoms with Crippen LogP contribution in [-0.4, -0.2) is 5.78 Å². The van der Waals surface area contributed by atoms with E-state index in [1.165, 1.54) is 0 Å². The van der Waals surface area contributed by atoms with Crippen LogP contribution in [0.15, 0.2) is 46.9 Å². The molecule has 3 heteroatoms. The predicted molar refractivity (Wildman–Crippen MR) is 73.8 cm³/mol. The third-order valence-corrected chi connectivity index (χ3v) is 3.12. The van der Waals surface area contributed by atoms with Gasteiger partial charge in [-0.2, -0.15) is 0 Å². The van der Waals surface area contributed by atoms with Gasteiger partial charge in [0.1, 0.15) is 0 Å². The predicted octanol–water partition coefficient (Wildman–Crippen LogP) is 4.64. The maximum atomic E-state index is 12.2. The van der Waals surface area contributed by atoms with Gasteiger partial charge in [-0.25, -0.2) is 0 Å². The Morgan fingerprint density at radius 1 is 1.06 bits per heavy atom. The summed E-state index contributed by atoms with van der Waals surface area (Å²) in [5.41, 5.74) is 2.38. The highest BCUT2D eigenvalue weighted by molar-refractivity contribution is 9.10. The second-order valence-corrected chi connectivity index (χ2v) is 5.21. The molecular formula is C14H10BrClO.